The van der Waals surface area contributed by atoms with Crippen molar-refractivity contribution >= 4 is 26.3 Å². The van der Waals surface area contributed by atoms with Gasteiger partial charge in [0.15, 0.2) is 0 Å². The molecule has 0 N–H and O–H groups in total. The first kappa shape index (κ1) is 24.4. The highest BCUT2D eigenvalue weighted by atomic mass is 31.2. The van der Waals surface area contributed by atoms with E-state index in [-0.39, 0.29) is 5.04 Å². The van der Waals surface area contributed by atoms with Crippen LogP contribution in [-0.2, 0) is 18.0 Å². The highest BCUT2D eigenvalue weighted by molar-refractivity contribution is 7.57. The van der Waals surface area contributed by atoms with E-state index in [1.54, 1.807) is 32.3 Å². The average molecular weight is 445 g/mol. The van der Waals surface area contributed by atoms with E-state index in [0.717, 1.165) is 0 Å². The normalized spacial score (nSPS) is 13.2. The summed E-state index contributed by atoms with van der Waals surface area (Å²) < 4.78 is 29.8. The lowest BCUT2D eigenvalue weighted by Crippen LogP contribution is -2.65. The van der Waals surface area contributed by atoms with Crippen LogP contribution in [0.2, 0.25) is 5.04 Å². The zero-order chi connectivity index (χ0) is 22.1. The van der Waals surface area contributed by atoms with Gasteiger partial charge in [-0.1, -0.05) is 87.5 Å². The SMILES string of the molecule is CCOP(=O)(/C=C/C=CO[Si](c1ccccc1)(c1ccccc1)C(C)(C)C)OCC. The molecule has 0 amide bonds. The van der Waals surface area contributed by atoms with Gasteiger partial charge in [-0.25, -0.2) is 0 Å². The molecule has 2 aromatic rings. The van der Waals surface area contributed by atoms with Crippen molar-refractivity contribution in [1.82, 2.24) is 0 Å². The van der Waals surface area contributed by atoms with E-state index < -0.39 is 15.9 Å². The maximum Gasteiger partial charge on any atom is 0.354 e. The van der Waals surface area contributed by atoms with E-state index in [4.69, 9.17) is 13.5 Å². The molecule has 4 nitrogen and oxygen atoms in total. The molecule has 0 bridgehead atoms. The number of allylic oxidation sites excluding steroid dienone is 2. The van der Waals surface area contributed by atoms with Crippen LogP contribution in [0.4, 0.5) is 0 Å². The molecule has 30 heavy (non-hydrogen) atoms. The van der Waals surface area contributed by atoms with E-state index in [2.05, 4.69) is 69.3 Å². The molecule has 0 aliphatic carbocycles. The molecule has 0 fully saturated rings. The van der Waals surface area contributed by atoms with E-state index in [1.165, 1.54) is 16.2 Å². The minimum absolute atomic E-state index is 0.115. The van der Waals surface area contributed by atoms with Crippen molar-refractivity contribution in [3.8, 4) is 0 Å². The molecule has 162 valence electrons. The second kappa shape index (κ2) is 10.9. The molecule has 0 radical (unpaired) electrons. The molecule has 0 aromatic heterocycles. The van der Waals surface area contributed by atoms with Crippen LogP contribution in [0.15, 0.2) is 84.9 Å². The number of hydrogen-bond donors (Lipinski definition) is 0. The molecular weight excluding hydrogens is 411 g/mol. The van der Waals surface area contributed by atoms with Gasteiger partial charge in [0.1, 0.15) is 0 Å². The molecule has 0 heterocycles. The fourth-order valence-electron chi connectivity index (χ4n) is 3.52. The van der Waals surface area contributed by atoms with Gasteiger partial charge in [0.25, 0.3) is 0 Å². The van der Waals surface area contributed by atoms with Crippen LogP contribution < -0.4 is 10.4 Å². The summed E-state index contributed by atoms with van der Waals surface area (Å²) in [5.74, 6) is 1.48. The Balaban J connectivity index is 2.41. The Morgan fingerprint density at radius 1 is 0.833 bits per heavy atom. The first-order valence-corrected chi connectivity index (χ1v) is 13.8. The van der Waals surface area contributed by atoms with Gasteiger partial charge >= 0.3 is 15.9 Å². The van der Waals surface area contributed by atoms with Gasteiger partial charge in [-0.05, 0) is 35.3 Å². The Hall–Kier alpha value is -1.91. The third-order valence-corrected chi connectivity index (χ3v) is 11.4. The Labute approximate surface area is 182 Å². The van der Waals surface area contributed by atoms with Crippen molar-refractivity contribution in [2.24, 2.45) is 0 Å². The van der Waals surface area contributed by atoms with Crippen molar-refractivity contribution in [3.63, 3.8) is 0 Å². The molecule has 0 unspecified atom stereocenters. The molecule has 0 aliphatic heterocycles. The zero-order valence-corrected chi connectivity index (χ0v) is 20.5. The fraction of sp³-hybridized carbons (Fsp3) is 0.333. The van der Waals surface area contributed by atoms with Crippen LogP contribution in [0.5, 0.6) is 0 Å². The molecule has 0 saturated carbocycles. The predicted octanol–water partition coefficient (Wildman–Crippen LogP) is 5.86. The average Bonchev–Trinajstić information content (AvgIpc) is 2.71. The van der Waals surface area contributed by atoms with Gasteiger partial charge < -0.3 is 13.5 Å². The summed E-state index contributed by atoms with van der Waals surface area (Å²) in [7, 11) is -5.85. The third-order valence-electron chi connectivity index (χ3n) is 4.74. The van der Waals surface area contributed by atoms with Crippen LogP contribution in [0, 0.1) is 0 Å². The van der Waals surface area contributed by atoms with Crippen molar-refractivity contribution in [2.75, 3.05) is 13.2 Å². The highest BCUT2D eigenvalue weighted by Crippen LogP contribution is 2.49. The molecule has 0 spiro atoms. The number of hydrogen-bond acceptors (Lipinski definition) is 4. The second-order valence-corrected chi connectivity index (χ2v) is 14.0. The summed E-state index contributed by atoms with van der Waals surface area (Å²) in [6, 6.07) is 20.8. The first-order chi connectivity index (χ1) is 14.3. The summed E-state index contributed by atoms with van der Waals surface area (Å²) in [5, 5.41) is 2.29. The summed E-state index contributed by atoms with van der Waals surface area (Å²) in [4.78, 5) is 0. The summed E-state index contributed by atoms with van der Waals surface area (Å²) >= 11 is 0. The Morgan fingerprint density at radius 3 is 1.70 bits per heavy atom. The first-order valence-electron chi connectivity index (χ1n) is 10.3. The zero-order valence-electron chi connectivity index (χ0n) is 18.6. The Bertz CT molecular complexity index is 824. The molecule has 6 heteroatoms. The van der Waals surface area contributed by atoms with Gasteiger partial charge in [0.05, 0.1) is 19.5 Å². The van der Waals surface area contributed by atoms with E-state index in [1.807, 2.05) is 12.1 Å². The van der Waals surface area contributed by atoms with Gasteiger partial charge in [-0.2, -0.15) is 0 Å². The predicted molar refractivity (Wildman–Crippen MR) is 128 cm³/mol. The monoisotopic (exact) mass is 444 g/mol. The molecule has 0 saturated heterocycles. The van der Waals surface area contributed by atoms with Crippen LogP contribution in [0.3, 0.4) is 0 Å². The molecular formula is C24H33O4PSi. The third kappa shape index (κ3) is 5.83. The highest BCUT2D eigenvalue weighted by Gasteiger charge is 2.51. The van der Waals surface area contributed by atoms with Gasteiger partial charge in [-0.15, -0.1) is 0 Å². The Kier molecular flexibility index (Phi) is 8.87. The van der Waals surface area contributed by atoms with Crippen molar-refractivity contribution < 1.29 is 18.0 Å². The molecule has 2 rings (SSSR count). The van der Waals surface area contributed by atoms with Gasteiger partial charge in [0, 0.05) is 5.82 Å². The lowest BCUT2D eigenvalue weighted by Gasteiger charge is -2.41. The van der Waals surface area contributed by atoms with Crippen molar-refractivity contribution in [1.29, 1.82) is 0 Å². The van der Waals surface area contributed by atoms with E-state index in [0.29, 0.717) is 13.2 Å². The van der Waals surface area contributed by atoms with Crippen LogP contribution in [-0.4, -0.2) is 21.5 Å². The van der Waals surface area contributed by atoms with Gasteiger partial charge in [-0.3, -0.25) is 4.57 Å². The second-order valence-electron chi connectivity index (χ2n) is 7.83. The van der Waals surface area contributed by atoms with Crippen LogP contribution >= 0.6 is 7.60 Å². The molecule has 2 aromatic carbocycles. The lowest BCUT2D eigenvalue weighted by atomic mass is 10.2. The van der Waals surface area contributed by atoms with E-state index >= 15 is 0 Å². The maximum absolute atomic E-state index is 12.6. The quantitative estimate of drug-likeness (QED) is 0.199. The summed E-state index contributed by atoms with van der Waals surface area (Å²) in [5.41, 5.74) is 0. The minimum Gasteiger partial charge on any atom is -0.540 e. The topological polar surface area (TPSA) is 44.8 Å². The molecule has 0 atom stereocenters. The van der Waals surface area contributed by atoms with Crippen molar-refractivity contribution in [3.05, 3.63) is 84.9 Å². The molecule has 0 aliphatic rings. The smallest absolute Gasteiger partial charge is 0.354 e. The minimum atomic E-state index is -3.22. The largest absolute Gasteiger partial charge is 0.540 e. The fourth-order valence-corrected chi connectivity index (χ4v) is 9.09. The lowest BCUT2D eigenvalue weighted by molar-refractivity contribution is 0.229. The summed E-state index contributed by atoms with van der Waals surface area (Å²) in [6.07, 6.45) is 5.13. The number of benzene rings is 2. The van der Waals surface area contributed by atoms with Crippen molar-refractivity contribution in [2.45, 2.75) is 39.7 Å². The Morgan fingerprint density at radius 2 is 1.30 bits per heavy atom. The number of rotatable bonds is 10. The van der Waals surface area contributed by atoms with Crippen LogP contribution in [0.25, 0.3) is 0 Å². The van der Waals surface area contributed by atoms with E-state index in [9.17, 15) is 4.57 Å². The standard InChI is InChI=1S/C24H33O4PSi/c1-6-26-29(25,27-7-2)21-15-14-20-28-30(24(3,4)5,22-16-10-8-11-17-22)23-18-12-9-13-19-23/h8-21H,6-7H2,1-5H3/b20-14?,21-15+. The van der Waals surface area contributed by atoms with Crippen LogP contribution in [0.1, 0.15) is 34.6 Å². The van der Waals surface area contributed by atoms with Gasteiger partial charge in [0.2, 0.25) is 0 Å². The summed E-state index contributed by atoms with van der Waals surface area (Å²) in [6.45, 7) is 10.9. The maximum atomic E-state index is 12.6.